The van der Waals surface area contributed by atoms with Crippen molar-refractivity contribution in [2.45, 2.75) is 66.6 Å². The SMILES string of the molecule is CCC(C)COC(=O)OC(C)O/C(=C(/C=N\C)c1ccc(C(C)(C)C)cc1)c1cc(C)nn1C. The molecule has 0 saturated carbocycles. The molecule has 2 unspecified atom stereocenters. The lowest BCUT2D eigenvalue weighted by Gasteiger charge is -2.21. The van der Waals surface area contributed by atoms with Gasteiger partial charge in [0, 0.05) is 32.8 Å². The fraction of sp³-hybridized carbons (Fsp3) is 0.519. The van der Waals surface area contributed by atoms with Gasteiger partial charge in [-0.25, -0.2) is 4.79 Å². The van der Waals surface area contributed by atoms with Crippen molar-refractivity contribution in [3.63, 3.8) is 0 Å². The van der Waals surface area contributed by atoms with Gasteiger partial charge in [0.2, 0.25) is 6.29 Å². The predicted octanol–water partition coefficient (Wildman–Crippen LogP) is 6.16. The Morgan fingerprint density at radius 2 is 1.82 bits per heavy atom. The number of nitrogens with zero attached hydrogens (tertiary/aromatic N) is 3. The Hall–Kier alpha value is -3.09. The minimum atomic E-state index is -0.885. The molecule has 34 heavy (non-hydrogen) atoms. The van der Waals surface area contributed by atoms with Crippen LogP contribution in [-0.4, -0.2) is 42.1 Å². The highest BCUT2D eigenvalue weighted by Gasteiger charge is 2.22. The number of carbonyl (C=O) groups excluding carboxylic acids is 1. The van der Waals surface area contributed by atoms with Gasteiger partial charge >= 0.3 is 6.16 Å². The second kappa shape index (κ2) is 11.9. The quantitative estimate of drug-likeness (QED) is 0.190. The molecule has 186 valence electrons. The van der Waals surface area contributed by atoms with Gasteiger partial charge in [0.25, 0.3) is 0 Å². The smallest absolute Gasteiger partial charge is 0.452 e. The topological polar surface area (TPSA) is 74.9 Å². The Bertz CT molecular complexity index is 1010. The molecule has 0 amide bonds. The number of aryl methyl sites for hydroxylation is 2. The molecule has 2 rings (SSSR count). The molecule has 2 aromatic rings. The second-order valence-corrected chi connectivity index (χ2v) is 9.63. The van der Waals surface area contributed by atoms with Crippen LogP contribution >= 0.6 is 0 Å². The second-order valence-electron chi connectivity index (χ2n) is 9.63. The average molecular weight is 470 g/mol. The third-order valence-electron chi connectivity index (χ3n) is 5.53. The van der Waals surface area contributed by atoms with E-state index < -0.39 is 12.4 Å². The van der Waals surface area contributed by atoms with E-state index in [4.69, 9.17) is 14.2 Å². The molecule has 2 atom stereocenters. The van der Waals surface area contributed by atoms with E-state index in [1.807, 2.05) is 33.9 Å². The zero-order chi connectivity index (χ0) is 25.5. The lowest BCUT2D eigenvalue weighted by atomic mass is 9.86. The van der Waals surface area contributed by atoms with Crippen LogP contribution in [0.2, 0.25) is 0 Å². The molecular weight excluding hydrogens is 430 g/mol. The van der Waals surface area contributed by atoms with E-state index in [1.54, 1.807) is 24.9 Å². The maximum atomic E-state index is 12.2. The molecule has 0 aliphatic rings. The summed E-state index contributed by atoms with van der Waals surface area (Å²) >= 11 is 0. The molecule has 0 radical (unpaired) electrons. The summed E-state index contributed by atoms with van der Waals surface area (Å²) in [5.41, 5.74) is 4.54. The van der Waals surface area contributed by atoms with Gasteiger partial charge in [0.15, 0.2) is 5.76 Å². The highest BCUT2D eigenvalue weighted by Crippen LogP contribution is 2.30. The molecular formula is C27H39N3O4. The summed E-state index contributed by atoms with van der Waals surface area (Å²) in [6.07, 6.45) is 1.02. The van der Waals surface area contributed by atoms with Gasteiger partial charge in [-0.15, -0.1) is 0 Å². The van der Waals surface area contributed by atoms with Crippen molar-refractivity contribution in [1.82, 2.24) is 9.78 Å². The van der Waals surface area contributed by atoms with Gasteiger partial charge in [-0.2, -0.15) is 5.10 Å². The Kier molecular flexibility index (Phi) is 9.47. The molecule has 0 fully saturated rings. The third-order valence-corrected chi connectivity index (χ3v) is 5.53. The van der Waals surface area contributed by atoms with Crippen molar-refractivity contribution in [1.29, 1.82) is 0 Å². The number of aliphatic imine (C=N–C) groups is 1. The van der Waals surface area contributed by atoms with Crippen molar-refractivity contribution < 1.29 is 19.0 Å². The summed E-state index contributed by atoms with van der Waals surface area (Å²) in [5.74, 6) is 0.777. The highest BCUT2D eigenvalue weighted by atomic mass is 16.8. The van der Waals surface area contributed by atoms with Gasteiger partial charge in [0.05, 0.1) is 12.3 Å². The van der Waals surface area contributed by atoms with E-state index in [2.05, 4.69) is 55.1 Å². The van der Waals surface area contributed by atoms with Crippen molar-refractivity contribution in [2.75, 3.05) is 13.7 Å². The summed E-state index contributed by atoms with van der Waals surface area (Å²) in [5, 5.41) is 4.47. The number of hydrogen-bond donors (Lipinski definition) is 0. The Morgan fingerprint density at radius 3 is 2.32 bits per heavy atom. The van der Waals surface area contributed by atoms with E-state index in [0.717, 1.165) is 28.9 Å². The molecule has 1 aromatic carbocycles. The van der Waals surface area contributed by atoms with Crippen LogP contribution < -0.4 is 0 Å². The number of ether oxygens (including phenoxy) is 3. The molecule has 1 aromatic heterocycles. The Balaban J connectivity index is 2.45. The average Bonchev–Trinajstić information content (AvgIpc) is 3.11. The van der Waals surface area contributed by atoms with Crippen LogP contribution in [0.25, 0.3) is 11.3 Å². The molecule has 0 aliphatic heterocycles. The van der Waals surface area contributed by atoms with Gasteiger partial charge < -0.3 is 14.2 Å². The maximum Gasteiger partial charge on any atom is 0.511 e. The number of aromatic nitrogens is 2. The number of rotatable bonds is 9. The molecule has 0 N–H and O–H groups in total. The van der Waals surface area contributed by atoms with Crippen LogP contribution in [0.1, 0.15) is 70.5 Å². The van der Waals surface area contributed by atoms with Crippen LogP contribution in [0, 0.1) is 12.8 Å². The molecule has 0 bridgehead atoms. The lowest BCUT2D eigenvalue weighted by Crippen LogP contribution is -2.21. The van der Waals surface area contributed by atoms with Crippen molar-refractivity contribution in [2.24, 2.45) is 18.0 Å². The Morgan fingerprint density at radius 1 is 1.18 bits per heavy atom. The molecule has 0 saturated heterocycles. The zero-order valence-corrected chi connectivity index (χ0v) is 22.0. The van der Waals surface area contributed by atoms with Crippen molar-refractivity contribution >= 4 is 23.7 Å². The summed E-state index contributed by atoms with van der Waals surface area (Å²) in [4.78, 5) is 16.4. The first kappa shape index (κ1) is 27.2. The summed E-state index contributed by atoms with van der Waals surface area (Å²) in [6, 6.07) is 10.2. The first-order valence-corrected chi connectivity index (χ1v) is 11.7. The minimum Gasteiger partial charge on any atom is -0.452 e. The summed E-state index contributed by atoms with van der Waals surface area (Å²) in [6.45, 7) is 14.5. The monoisotopic (exact) mass is 469 g/mol. The van der Waals surface area contributed by atoms with Gasteiger partial charge in [-0.05, 0) is 35.4 Å². The van der Waals surface area contributed by atoms with Crippen LogP contribution in [0.5, 0.6) is 0 Å². The van der Waals surface area contributed by atoms with Crippen LogP contribution in [0.3, 0.4) is 0 Å². The fourth-order valence-electron chi connectivity index (χ4n) is 3.32. The largest absolute Gasteiger partial charge is 0.511 e. The molecule has 0 aliphatic carbocycles. The lowest BCUT2D eigenvalue weighted by molar-refractivity contribution is -0.0694. The van der Waals surface area contributed by atoms with Crippen LogP contribution in [0.15, 0.2) is 35.3 Å². The zero-order valence-electron chi connectivity index (χ0n) is 22.0. The van der Waals surface area contributed by atoms with E-state index in [9.17, 15) is 4.79 Å². The molecule has 0 spiro atoms. The van der Waals surface area contributed by atoms with Crippen LogP contribution in [-0.2, 0) is 26.7 Å². The summed E-state index contributed by atoms with van der Waals surface area (Å²) < 4.78 is 18.5. The predicted molar refractivity (Wildman–Crippen MR) is 137 cm³/mol. The Labute approximate surface area is 203 Å². The minimum absolute atomic E-state index is 0.0394. The molecule has 7 nitrogen and oxygen atoms in total. The number of carbonyl (C=O) groups is 1. The van der Waals surface area contributed by atoms with Gasteiger partial charge in [-0.3, -0.25) is 9.67 Å². The van der Waals surface area contributed by atoms with E-state index >= 15 is 0 Å². The van der Waals surface area contributed by atoms with Gasteiger partial charge in [0.1, 0.15) is 5.69 Å². The number of allylic oxidation sites excluding steroid dienone is 1. The number of benzene rings is 1. The standard InChI is InChI=1S/C27H39N3O4/c1-10-18(2)17-32-26(31)34-20(4)33-25(24-15-19(3)29-30(24)9)23(16-28-8)21-11-13-22(14-12-21)27(5,6)7/h11-16,18,20H,10,17H2,1-9H3/b25-23-,28-16-. The fourth-order valence-corrected chi connectivity index (χ4v) is 3.32. The van der Waals surface area contributed by atoms with E-state index in [-0.39, 0.29) is 11.3 Å². The third kappa shape index (κ3) is 7.47. The first-order valence-electron chi connectivity index (χ1n) is 11.7. The van der Waals surface area contributed by atoms with Gasteiger partial charge in [-0.1, -0.05) is 65.3 Å². The normalized spacial score (nSPS) is 14.5. The van der Waals surface area contributed by atoms with E-state index in [1.165, 1.54) is 5.56 Å². The van der Waals surface area contributed by atoms with Crippen molar-refractivity contribution in [3.8, 4) is 0 Å². The van der Waals surface area contributed by atoms with Crippen molar-refractivity contribution in [3.05, 3.63) is 52.8 Å². The maximum absolute atomic E-state index is 12.2. The van der Waals surface area contributed by atoms with E-state index in [0.29, 0.717) is 12.4 Å². The highest BCUT2D eigenvalue weighted by molar-refractivity contribution is 6.18. The number of hydrogen-bond acceptors (Lipinski definition) is 6. The first-order chi connectivity index (χ1) is 16.0. The molecule has 1 heterocycles. The molecule has 7 heteroatoms. The summed E-state index contributed by atoms with van der Waals surface area (Å²) in [7, 11) is 3.56. The van der Waals surface area contributed by atoms with Crippen LogP contribution in [0.4, 0.5) is 4.79 Å².